The molecule has 1 saturated heterocycles. The van der Waals surface area contributed by atoms with Gasteiger partial charge in [0, 0.05) is 10.9 Å². The van der Waals surface area contributed by atoms with E-state index < -0.39 is 30.1 Å². The number of carbonyl (C=O) groups is 2. The van der Waals surface area contributed by atoms with Crippen molar-refractivity contribution in [3.05, 3.63) is 16.0 Å². The van der Waals surface area contributed by atoms with Crippen LogP contribution in [0.2, 0.25) is 0 Å². The van der Waals surface area contributed by atoms with E-state index in [4.69, 9.17) is 5.73 Å². The molecule has 1 fully saturated rings. The molecular weight excluding hydrogens is 345 g/mol. The van der Waals surface area contributed by atoms with Crippen molar-refractivity contribution in [1.82, 2.24) is 10.4 Å². The van der Waals surface area contributed by atoms with Crippen LogP contribution >= 0.6 is 11.3 Å². The fourth-order valence-electron chi connectivity index (χ4n) is 2.59. The number of anilines is 1. The van der Waals surface area contributed by atoms with Crippen LogP contribution in [0, 0.1) is 13.8 Å². The summed E-state index contributed by atoms with van der Waals surface area (Å²) in [7, 11) is 0. The van der Waals surface area contributed by atoms with Gasteiger partial charge in [-0.1, -0.05) is 0 Å². The first-order valence-electron chi connectivity index (χ1n) is 7.29. The Hall–Kier alpha value is -1.65. The average Bonchev–Trinajstić information content (AvgIpc) is 2.91. The lowest BCUT2D eigenvalue weighted by Gasteiger charge is -2.21. The maximum absolute atomic E-state index is 12.7. The van der Waals surface area contributed by atoms with Crippen LogP contribution in [0.4, 0.5) is 18.2 Å². The number of nitrogens with zero attached hydrogens (tertiary/aromatic N) is 1. The average molecular weight is 364 g/mol. The summed E-state index contributed by atoms with van der Waals surface area (Å²) in [5.74, 6) is -1.17. The standard InChI is InChI=1S/C14H19F3N4O2S/c1-6-4-9(14(15,16)17)20-21(6)5-10(22)19-13-11(12(18)23)7(2)8(3)24-13/h6,9,20H,4-5H2,1-3H3,(H2,18,23)(H,19,22). The molecule has 0 spiro atoms. The van der Waals surface area contributed by atoms with E-state index in [1.165, 1.54) is 16.3 Å². The quantitative estimate of drug-likeness (QED) is 0.762. The van der Waals surface area contributed by atoms with Gasteiger partial charge in [0.1, 0.15) is 11.0 Å². The number of halogens is 3. The summed E-state index contributed by atoms with van der Waals surface area (Å²) in [6, 6.07) is -2.10. The second kappa shape index (κ2) is 6.69. The molecule has 0 radical (unpaired) electrons. The van der Waals surface area contributed by atoms with E-state index in [1.807, 2.05) is 0 Å². The fourth-order valence-corrected chi connectivity index (χ4v) is 3.67. The normalized spacial score (nSPS) is 21.9. The van der Waals surface area contributed by atoms with Gasteiger partial charge in [0.25, 0.3) is 5.91 Å². The minimum absolute atomic E-state index is 0.124. The van der Waals surface area contributed by atoms with Crippen LogP contribution in [0.25, 0.3) is 0 Å². The van der Waals surface area contributed by atoms with E-state index in [2.05, 4.69) is 10.7 Å². The molecule has 1 aromatic rings. The maximum Gasteiger partial charge on any atom is 0.405 e. The molecule has 24 heavy (non-hydrogen) atoms. The molecule has 1 aliphatic rings. The Balaban J connectivity index is 2.05. The monoisotopic (exact) mass is 364 g/mol. The Morgan fingerprint density at radius 1 is 1.42 bits per heavy atom. The Kier molecular flexibility index (Phi) is 5.21. The SMILES string of the molecule is Cc1sc(NC(=O)CN2NC(C(F)(F)F)CC2C)c(C(N)=O)c1C. The molecule has 2 heterocycles. The number of hydrogen-bond acceptors (Lipinski definition) is 5. The summed E-state index contributed by atoms with van der Waals surface area (Å²) in [6.45, 7) is 4.86. The summed E-state index contributed by atoms with van der Waals surface area (Å²) in [5.41, 5.74) is 8.56. The van der Waals surface area contributed by atoms with Crippen molar-refractivity contribution < 1.29 is 22.8 Å². The van der Waals surface area contributed by atoms with Gasteiger partial charge in [0.15, 0.2) is 0 Å². The third-order valence-electron chi connectivity index (χ3n) is 4.02. The number of carbonyl (C=O) groups excluding carboxylic acids is 2. The second-order valence-electron chi connectivity index (χ2n) is 5.84. The molecule has 134 valence electrons. The van der Waals surface area contributed by atoms with Gasteiger partial charge in [-0.15, -0.1) is 11.3 Å². The summed E-state index contributed by atoms with van der Waals surface area (Å²) in [6.07, 6.45) is -4.48. The number of amides is 2. The van der Waals surface area contributed by atoms with Crippen molar-refractivity contribution in [3.63, 3.8) is 0 Å². The predicted octanol–water partition coefficient (Wildman–Crippen LogP) is 1.93. The Morgan fingerprint density at radius 3 is 2.54 bits per heavy atom. The molecule has 2 amide bonds. The number of alkyl halides is 3. The van der Waals surface area contributed by atoms with Crippen LogP contribution in [0.1, 0.15) is 34.1 Å². The van der Waals surface area contributed by atoms with Crippen LogP contribution in [0.3, 0.4) is 0 Å². The molecule has 4 N–H and O–H groups in total. The van der Waals surface area contributed by atoms with E-state index in [0.717, 1.165) is 4.88 Å². The summed E-state index contributed by atoms with van der Waals surface area (Å²) in [4.78, 5) is 24.5. The van der Waals surface area contributed by atoms with E-state index >= 15 is 0 Å². The zero-order chi connectivity index (χ0) is 18.2. The Morgan fingerprint density at radius 2 is 2.04 bits per heavy atom. The third kappa shape index (κ3) is 3.87. The summed E-state index contributed by atoms with van der Waals surface area (Å²) >= 11 is 1.21. The summed E-state index contributed by atoms with van der Waals surface area (Å²) < 4.78 is 38.2. The molecule has 0 bridgehead atoms. The molecule has 2 rings (SSSR count). The minimum atomic E-state index is -4.36. The zero-order valence-corrected chi connectivity index (χ0v) is 14.3. The third-order valence-corrected chi connectivity index (χ3v) is 5.15. The molecule has 0 aliphatic carbocycles. The van der Waals surface area contributed by atoms with E-state index in [-0.39, 0.29) is 18.5 Å². The number of hydrazine groups is 1. The number of rotatable bonds is 4. The predicted molar refractivity (Wildman–Crippen MR) is 84.7 cm³/mol. The lowest BCUT2D eigenvalue weighted by Crippen LogP contribution is -2.47. The molecule has 6 nitrogen and oxygen atoms in total. The fraction of sp³-hybridized carbons (Fsp3) is 0.571. The van der Waals surface area contributed by atoms with Gasteiger partial charge in [0.2, 0.25) is 5.91 Å². The zero-order valence-electron chi connectivity index (χ0n) is 13.5. The molecule has 1 aromatic heterocycles. The number of nitrogens with one attached hydrogen (secondary N) is 2. The molecular formula is C14H19F3N4O2S. The molecule has 2 atom stereocenters. The van der Waals surface area contributed by atoms with Gasteiger partial charge < -0.3 is 11.1 Å². The van der Waals surface area contributed by atoms with Gasteiger partial charge in [-0.05, 0) is 32.8 Å². The molecule has 1 aliphatic heterocycles. The highest BCUT2D eigenvalue weighted by Crippen LogP contribution is 2.32. The van der Waals surface area contributed by atoms with Gasteiger partial charge >= 0.3 is 6.18 Å². The number of aryl methyl sites for hydroxylation is 1. The molecule has 10 heteroatoms. The second-order valence-corrected chi connectivity index (χ2v) is 7.06. The van der Waals surface area contributed by atoms with Gasteiger partial charge in [-0.3, -0.25) is 9.59 Å². The Labute approximate surface area is 141 Å². The van der Waals surface area contributed by atoms with Crippen molar-refractivity contribution in [2.24, 2.45) is 5.73 Å². The van der Waals surface area contributed by atoms with Crippen molar-refractivity contribution >= 4 is 28.2 Å². The highest BCUT2D eigenvalue weighted by Gasteiger charge is 2.46. The molecule has 2 unspecified atom stereocenters. The first kappa shape index (κ1) is 18.7. The van der Waals surface area contributed by atoms with Gasteiger partial charge in [-0.25, -0.2) is 10.4 Å². The Bertz CT molecular complexity index is 659. The number of nitrogens with two attached hydrogens (primary N) is 1. The van der Waals surface area contributed by atoms with Crippen molar-refractivity contribution in [3.8, 4) is 0 Å². The highest BCUT2D eigenvalue weighted by molar-refractivity contribution is 7.16. The van der Waals surface area contributed by atoms with Crippen LogP contribution in [-0.4, -0.2) is 41.6 Å². The number of hydrogen-bond donors (Lipinski definition) is 3. The van der Waals surface area contributed by atoms with Crippen molar-refractivity contribution in [2.75, 3.05) is 11.9 Å². The van der Waals surface area contributed by atoms with Crippen molar-refractivity contribution in [1.29, 1.82) is 0 Å². The number of primary amides is 1. The summed E-state index contributed by atoms with van der Waals surface area (Å²) in [5, 5.41) is 4.15. The molecule has 0 saturated carbocycles. The van der Waals surface area contributed by atoms with Crippen LogP contribution in [0.15, 0.2) is 0 Å². The lowest BCUT2D eigenvalue weighted by molar-refractivity contribution is -0.157. The number of thiophene rings is 1. The van der Waals surface area contributed by atoms with Crippen molar-refractivity contribution in [2.45, 2.75) is 45.5 Å². The lowest BCUT2D eigenvalue weighted by atomic mass is 10.1. The van der Waals surface area contributed by atoms with Crippen LogP contribution in [0.5, 0.6) is 0 Å². The smallest absolute Gasteiger partial charge is 0.365 e. The largest absolute Gasteiger partial charge is 0.405 e. The van der Waals surface area contributed by atoms with E-state index in [1.54, 1.807) is 20.8 Å². The van der Waals surface area contributed by atoms with Gasteiger partial charge in [-0.2, -0.15) is 13.2 Å². The highest BCUT2D eigenvalue weighted by atomic mass is 32.1. The first-order valence-corrected chi connectivity index (χ1v) is 8.11. The van der Waals surface area contributed by atoms with Crippen LogP contribution in [-0.2, 0) is 4.79 Å². The van der Waals surface area contributed by atoms with Crippen LogP contribution < -0.4 is 16.5 Å². The minimum Gasteiger partial charge on any atom is -0.365 e. The molecule has 0 aromatic carbocycles. The topological polar surface area (TPSA) is 87.5 Å². The van der Waals surface area contributed by atoms with E-state index in [0.29, 0.717) is 10.6 Å². The van der Waals surface area contributed by atoms with Gasteiger partial charge in [0.05, 0.1) is 12.1 Å². The first-order chi connectivity index (χ1) is 11.0. The van der Waals surface area contributed by atoms with E-state index in [9.17, 15) is 22.8 Å². The maximum atomic E-state index is 12.7.